The summed E-state index contributed by atoms with van der Waals surface area (Å²) in [5.74, 6) is 0.376. The number of carbonyl (C=O) groups excluding carboxylic acids is 1. The smallest absolute Gasteiger partial charge is 0.290 e. The van der Waals surface area contributed by atoms with Crippen molar-refractivity contribution in [3.63, 3.8) is 0 Å². The molecule has 0 aromatic carbocycles. The fraction of sp³-hybridized carbons (Fsp3) is 0.333. The second-order valence-corrected chi connectivity index (χ2v) is 5.05. The maximum absolute atomic E-state index is 12.2. The van der Waals surface area contributed by atoms with Gasteiger partial charge in [-0.2, -0.15) is 0 Å². The normalized spacial score (nSPS) is 14.8. The summed E-state index contributed by atoms with van der Waals surface area (Å²) in [6, 6.07) is 3.80. The first kappa shape index (κ1) is 10.5. The lowest BCUT2D eigenvalue weighted by molar-refractivity contribution is 0.0697. The van der Waals surface area contributed by atoms with Crippen molar-refractivity contribution in [3.8, 4) is 0 Å². The van der Waals surface area contributed by atoms with Crippen molar-refractivity contribution in [1.29, 1.82) is 0 Å². The van der Waals surface area contributed by atoms with E-state index < -0.39 is 0 Å². The molecule has 3 rings (SSSR count). The summed E-state index contributed by atoms with van der Waals surface area (Å²) >= 11 is 1.58. The van der Waals surface area contributed by atoms with Gasteiger partial charge in [-0.05, 0) is 25.0 Å². The molecular formula is C12H12N2O2S. The second kappa shape index (κ2) is 4.33. The summed E-state index contributed by atoms with van der Waals surface area (Å²) in [6.07, 6.45) is 5.46. The van der Waals surface area contributed by atoms with Crippen LogP contribution in [0.15, 0.2) is 34.4 Å². The van der Waals surface area contributed by atoms with Gasteiger partial charge in [-0.3, -0.25) is 4.79 Å². The Morgan fingerprint density at radius 3 is 3.06 bits per heavy atom. The van der Waals surface area contributed by atoms with E-state index in [-0.39, 0.29) is 5.91 Å². The van der Waals surface area contributed by atoms with Crippen LogP contribution in [0.5, 0.6) is 0 Å². The Labute approximate surface area is 103 Å². The van der Waals surface area contributed by atoms with Gasteiger partial charge in [-0.25, -0.2) is 4.98 Å². The third kappa shape index (κ3) is 2.24. The van der Waals surface area contributed by atoms with E-state index in [1.54, 1.807) is 29.7 Å². The van der Waals surface area contributed by atoms with Crippen LogP contribution >= 0.6 is 11.3 Å². The second-order valence-electron chi connectivity index (χ2n) is 4.07. The van der Waals surface area contributed by atoms with E-state index in [0.717, 1.165) is 17.8 Å². The van der Waals surface area contributed by atoms with Crippen molar-refractivity contribution >= 4 is 17.2 Å². The number of rotatable bonds is 4. The van der Waals surface area contributed by atoms with Gasteiger partial charge < -0.3 is 9.32 Å². The first-order valence-electron chi connectivity index (χ1n) is 5.57. The van der Waals surface area contributed by atoms with Gasteiger partial charge in [0.15, 0.2) is 5.76 Å². The number of thiazole rings is 1. The third-order valence-electron chi connectivity index (χ3n) is 2.77. The van der Waals surface area contributed by atoms with Gasteiger partial charge in [-0.1, -0.05) is 0 Å². The van der Waals surface area contributed by atoms with Crippen molar-refractivity contribution in [2.45, 2.75) is 25.4 Å². The molecule has 1 amide bonds. The predicted molar refractivity (Wildman–Crippen MR) is 63.7 cm³/mol. The van der Waals surface area contributed by atoms with Gasteiger partial charge >= 0.3 is 0 Å². The number of furan rings is 1. The summed E-state index contributed by atoms with van der Waals surface area (Å²) in [5.41, 5.74) is 0. The van der Waals surface area contributed by atoms with Crippen molar-refractivity contribution in [2.75, 3.05) is 0 Å². The van der Waals surface area contributed by atoms with Gasteiger partial charge in [0.2, 0.25) is 0 Å². The molecule has 1 aliphatic carbocycles. The van der Waals surface area contributed by atoms with Crippen molar-refractivity contribution in [2.24, 2.45) is 0 Å². The molecule has 0 bridgehead atoms. The summed E-state index contributed by atoms with van der Waals surface area (Å²) in [4.78, 5) is 18.3. The SMILES string of the molecule is O=C(c1ccco1)N(Cc1nccs1)C1CC1. The highest BCUT2D eigenvalue weighted by Crippen LogP contribution is 2.30. The first-order chi connectivity index (χ1) is 8.34. The molecular weight excluding hydrogens is 236 g/mol. The minimum absolute atomic E-state index is 0.0345. The molecule has 17 heavy (non-hydrogen) atoms. The van der Waals surface area contributed by atoms with Crippen LogP contribution in [0.2, 0.25) is 0 Å². The fourth-order valence-electron chi connectivity index (χ4n) is 1.77. The summed E-state index contributed by atoms with van der Waals surface area (Å²) < 4.78 is 5.17. The number of nitrogens with zero attached hydrogens (tertiary/aromatic N) is 2. The highest BCUT2D eigenvalue weighted by Gasteiger charge is 2.34. The molecule has 0 saturated heterocycles. The van der Waals surface area contributed by atoms with E-state index in [4.69, 9.17) is 4.42 Å². The minimum Gasteiger partial charge on any atom is -0.459 e. The Hall–Kier alpha value is -1.62. The van der Waals surface area contributed by atoms with E-state index >= 15 is 0 Å². The van der Waals surface area contributed by atoms with Crippen LogP contribution in [0.3, 0.4) is 0 Å². The fourth-order valence-corrected chi connectivity index (χ4v) is 2.39. The lowest BCUT2D eigenvalue weighted by Gasteiger charge is -2.19. The molecule has 2 aromatic heterocycles. The van der Waals surface area contributed by atoms with Crippen LogP contribution in [-0.2, 0) is 6.54 Å². The van der Waals surface area contributed by atoms with Crippen LogP contribution < -0.4 is 0 Å². The topological polar surface area (TPSA) is 46.3 Å². The summed E-state index contributed by atoms with van der Waals surface area (Å²) in [7, 11) is 0. The monoisotopic (exact) mass is 248 g/mol. The number of hydrogen-bond acceptors (Lipinski definition) is 4. The molecule has 0 spiro atoms. The standard InChI is InChI=1S/C12H12N2O2S/c15-12(10-2-1-6-16-10)14(9-3-4-9)8-11-13-5-7-17-11/h1-2,5-7,9H,3-4,8H2. The first-order valence-corrected chi connectivity index (χ1v) is 6.45. The van der Waals surface area contributed by atoms with Crippen molar-refractivity contribution in [3.05, 3.63) is 40.7 Å². The largest absolute Gasteiger partial charge is 0.459 e. The van der Waals surface area contributed by atoms with Crippen molar-refractivity contribution in [1.82, 2.24) is 9.88 Å². The Kier molecular flexibility index (Phi) is 2.68. The van der Waals surface area contributed by atoms with Crippen LogP contribution in [0.1, 0.15) is 28.4 Å². The lowest BCUT2D eigenvalue weighted by atomic mass is 10.3. The third-order valence-corrected chi connectivity index (χ3v) is 3.53. The Balaban J connectivity index is 1.78. The van der Waals surface area contributed by atoms with E-state index in [1.165, 1.54) is 6.26 Å². The molecule has 88 valence electrons. The van der Waals surface area contributed by atoms with Crippen LogP contribution in [-0.4, -0.2) is 21.8 Å². The van der Waals surface area contributed by atoms with Gasteiger partial charge in [0.25, 0.3) is 5.91 Å². The minimum atomic E-state index is -0.0345. The van der Waals surface area contributed by atoms with Crippen LogP contribution in [0.25, 0.3) is 0 Å². The molecule has 0 atom stereocenters. The zero-order chi connectivity index (χ0) is 11.7. The van der Waals surface area contributed by atoms with Crippen molar-refractivity contribution < 1.29 is 9.21 Å². The van der Waals surface area contributed by atoms with E-state index in [1.807, 2.05) is 10.3 Å². The average molecular weight is 248 g/mol. The molecule has 1 saturated carbocycles. The Morgan fingerprint density at radius 2 is 2.47 bits per heavy atom. The Bertz CT molecular complexity index is 489. The molecule has 0 radical (unpaired) electrons. The van der Waals surface area contributed by atoms with E-state index in [9.17, 15) is 4.79 Å². The quantitative estimate of drug-likeness (QED) is 0.835. The number of hydrogen-bond donors (Lipinski definition) is 0. The lowest BCUT2D eigenvalue weighted by Crippen LogP contribution is -2.32. The van der Waals surface area contributed by atoms with Gasteiger partial charge in [-0.15, -0.1) is 11.3 Å². The zero-order valence-electron chi connectivity index (χ0n) is 9.20. The van der Waals surface area contributed by atoms with Gasteiger partial charge in [0.1, 0.15) is 5.01 Å². The Morgan fingerprint density at radius 1 is 1.59 bits per heavy atom. The maximum Gasteiger partial charge on any atom is 0.290 e. The molecule has 1 aliphatic rings. The molecule has 0 N–H and O–H groups in total. The van der Waals surface area contributed by atoms with Crippen LogP contribution in [0.4, 0.5) is 0 Å². The average Bonchev–Trinajstić information content (AvgIpc) is 2.86. The van der Waals surface area contributed by atoms with E-state index in [2.05, 4.69) is 4.98 Å². The van der Waals surface area contributed by atoms with Crippen LogP contribution in [0, 0.1) is 0 Å². The molecule has 2 heterocycles. The molecule has 1 fully saturated rings. The number of amides is 1. The molecule has 5 heteroatoms. The highest BCUT2D eigenvalue weighted by molar-refractivity contribution is 7.09. The summed E-state index contributed by atoms with van der Waals surface area (Å²) in [6.45, 7) is 0.585. The molecule has 4 nitrogen and oxygen atoms in total. The van der Waals surface area contributed by atoms with Gasteiger partial charge in [0, 0.05) is 17.6 Å². The maximum atomic E-state index is 12.2. The highest BCUT2D eigenvalue weighted by atomic mass is 32.1. The summed E-state index contributed by atoms with van der Waals surface area (Å²) in [5, 5.41) is 2.90. The molecule has 0 aliphatic heterocycles. The van der Waals surface area contributed by atoms with Gasteiger partial charge in [0.05, 0.1) is 12.8 Å². The molecule has 2 aromatic rings. The predicted octanol–water partition coefficient (Wildman–Crippen LogP) is 2.54. The number of aromatic nitrogens is 1. The number of carbonyl (C=O) groups is 1. The zero-order valence-corrected chi connectivity index (χ0v) is 10.0. The van der Waals surface area contributed by atoms with E-state index in [0.29, 0.717) is 18.3 Å². The molecule has 0 unspecified atom stereocenters.